The van der Waals surface area contributed by atoms with Gasteiger partial charge in [-0.25, -0.2) is 9.59 Å². The molecule has 0 rings (SSSR count). The molecule has 0 aromatic heterocycles. The summed E-state index contributed by atoms with van der Waals surface area (Å²) in [5.41, 5.74) is 0.176. The van der Waals surface area contributed by atoms with E-state index in [1.54, 1.807) is 0 Å². The molecule has 22 heteroatoms. The lowest BCUT2D eigenvalue weighted by atomic mass is 9.90. The zero-order valence-corrected chi connectivity index (χ0v) is 17.5. The second kappa shape index (κ2) is 10.6. The predicted molar refractivity (Wildman–Crippen MR) is 83.3 cm³/mol. The van der Waals surface area contributed by atoms with Crippen LogP contribution in [0.3, 0.4) is 0 Å². The van der Waals surface area contributed by atoms with Gasteiger partial charge < -0.3 is 9.84 Å². The molecule has 0 aliphatic rings. The Labute approximate surface area is 193 Å². The van der Waals surface area contributed by atoms with Crippen molar-refractivity contribution in [1.82, 2.24) is 5.32 Å². The van der Waals surface area contributed by atoms with E-state index in [0.717, 1.165) is 6.92 Å². The third kappa shape index (κ3) is 6.24. The number of rotatable bonds is 9. The lowest BCUT2D eigenvalue weighted by Crippen LogP contribution is -2.75. The Morgan fingerprint density at radius 3 is 1.19 bits per heavy atom. The van der Waals surface area contributed by atoms with Crippen molar-refractivity contribution in [3.05, 3.63) is 12.2 Å². The molecule has 220 valence electrons. The largest absolute Gasteiger partial charge is 0.478 e. The van der Waals surface area contributed by atoms with E-state index in [1.165, 1.54) is 6.92 Å². The minimum atomic E-state index is -8.72. The Kier molecular flexibility index (Phi) is 10.4. The Morgan fingerprint density at radius 1 is 0.676 bits per heavy atom. The number of alkyl carbamates (subject to hydrolysis) is 1. The van der Waals surface area contributed by atoms with Crippen LogP contribution in [-0.4, -0.2) is 71.5 Å². The third-order valence-corrected chi connectivity index (χ3v) is 3.62. The third-order valence-electron chi connectivity index (χ3n) is 3.62. The summed E-state index contributed by atoms with van der Waals surface area (Å²) in [6, 6.07) is -7.01. The first-order valence-electron chi connectivity index (χ1n) is 8.40. The molecule has 0 spiro atoms. The molecule has 0 heterocycles. The normalized spacial score (nSPS) is 14.4. The smallest absolute Gasteiger partial charge is 0.460 e. The van der Waals surface area contributed by atoms with Crippen LogP contribution in [0.15, 0.2) is 12.2 Å². The van der Waals surface area contributed by atoms with Crippen molar-refractivity contribution in [3.8, 4) is 0 Å². The standard InChI is InChI=1S/C11H6F17NO2.C4H6O2/c1-2-31-3(30)29-11(27,28)9(22,23)7(18,19)5(14,15)4(12,13)6(16,17)8(20,21)10(24,25)26;1-3(2)4(5)6/h2H2,1H3,(H,29,30);1H2,2H3,(H,5,6). The molecular formula is C15H12F17NO4. The maximum absolute atomic E-state index is 13.3. The quantitative estimate of drug-likeness (QED) is 0.186. The van der Waals surface area contributed by atoms with Crippen LogP contribution in [0.1, 0.15) is 13.8 Å². The highest BCUT2D eigenvalue weighted by Crippen LogP contribution is 2.63. The SMILES string of the molecule is C=C(C)C(=O)O.CCOC(=O)NC(F)(F)C(F)(F)C(F)(F)C(F)(F)C(F)(F)C(F)(F)C(F)(F)C(F)(F)F. The van der Waals surface area contributed by atoms with Crippen molar-refractivity contribution < 1.29 is 94.1 Å². The van der Waals surface area contributed by atoms with Crippen molar-refractivity contribution >= 4 is 12.1 Å². The minimum absolute atomic E-state index is 0.176. The topological polar surface area (TPSA) is 75.6 Å². The fourth-order valence-electron chi connectivity index (χ4n) is 1.54. The van der Waals surface area contributed by atoms with Gasteiger partial charge in [-0.15, -0.1) is 0 Å². The Hall–Kier alpha value is -2.71. The fraction of sp³-hybridized carbons (Fsp3) is 0.733. The van der Waals surface area contributed by atoms with Crippen LogP contribution in [0, 0.1) is 0 Å². The first kappa shape index (κ1) is 36.4. The number of hydrogen-bond donors (Lipinski definition) is 2. The maximum atomic E-state index is 13.3. The Bertz CT molecular complexity index is 838. The van der Waals surface area contributed by atoms with Crippen molar-refractivity contribution in [3.63, 3.8) is 0 Å². The van der Waals surface area contributed by atoms with Crippen LogP contribution in [0.5, 0.6) is 0 Å². The number of nitrogens with one attached hydrogen (secondary N) is 1. The molecule has 0 radical (unpaired) electrons. The van der Waals surface area contributed by atoms with Crippen molar-refractivity contribution in [2.75, 3.05) is 6.61 Å². The van der Waals surface area contributed by atoms with Crippen LogP contribution < -0.4 is 5.32 Å². The summed E-state index contributed by atoms with van der Waals surface area (Å²) in [6.07, 6.45) is -10.6. The number of alkyl halides is 17. The highest BCUT2D eigenvalue weighted by atomic mass is 19.4. The Balaban J connectivity index is 0. The number of ether oxygens (including phenoxy) is 1. The molecule has 0 aliphatic heterocycles. The van der Waals surface area contributed by atoms with E-state index < -0.39 is 71.7 Å². The van der Waals surface area contributed by atoms with Crippen molar-refractivity contribution in [2.45, 2.75) is 61.6 Å². The number of carboxylic acid groups (broad SMARTS) is 1. The van der Waals surface area contributed by atoms with E-state index in [0.29, 0.717) is 0 Å². The van der Waals surface area contributed by atoms with Gasteiger partial charge in [-0.05, 0) is 13.8 Å². The molecule has 2 N–H and O–H groups in total. The predicted octanol–water partition coefficient (Wildman–Crippen LogP) is 6.35. The first-order valence-corrected chi connectivity index (χ1v) is 8.40. The van der Waals surface area contributed by atoms with Gasteiger partial charge in [-0.3, -0.25) is 5.32 Å². The average Bonchev–Trinajstić information content (AvgIpc) is 2.66. The number of carbonyl (C=O) groups is 2. The van der Waals surface area contributed by atoms with E-state index in [1.807, 2.05) is 0 Å². The van der Waals surface area contributed by atoms with Crippen LogP contribution in [0.4, 0.5) is 79.4 Å². The molecule has 37 heavy (non-hydrogen) atoms. The summed E-state index contributed by atoms with van der Waals surface area (Å²) in [4.78, 5) is 20.2. The summed E-state index contributed by atoms with van der Waals surface area (Å²) < 4.78 is 222. The molecule has 0 fully saturated rings. The minimum Gasteiger partial charge on any atom is -0.478 e. The average molecular weight is 593 g/mol. The number of aliphatic carboxylic acids is 1. The van der Waals surface area contributed by atoms with Gasteiger partial charge in [0.15, 0.2) is 0 Å². The number of carboxylic acids is 1. The van der Waals surface area contributed by atoms with E-state index in [4.69, 9.17) is 5.11 Å². The number of halogens is 17. The van der Waals surface area contributed by atoms with Gasteiger partial charge in [0.2, 0.25) is 0 Å². The lowest BCUT2D eigenvalue weighted by molar-refractivity contribution is -0.462. The van der Waals surface area contributed by atoms with E-state index in [-0.39, 0.29) is 5.57 Å². The molecule has 0 saturated heterocycles. The molecule has 1 amide bonds. The van der Waals surface area contributed by atoms with Crippen molar-refractivity contribution in [1.29, 1.82) is 0 Å². The fourth-order valence-corrected chi connectivity index (χ4v) is 1.54. The van der Waals surface area contributed by atoms with Gasteiger partial charge in [0.05, 0.1) is 6.61 Å². The van der Waals surface area contributed by atoms with Gasteiger partial charge in [-0.2, -0.15) is 74.6 Å². The molecule has 0 bridgehead atoms. The zero-order valence-electron chi connectivity index (χ0n) is 17.5. The zero-order chi connectivity index (χ0) is 30.9. The number of hydrogen-bond acceptors (Lipinski definition) is 3. The highest BCUT2D eigenvalue weighted by molar-refractivity contribution is 5.84. The molecule has 0 aromatic rings. The van der Waals surface area contributed by atoms with Crippen LogP contribution >= 0.6 is 0 Å². The second-order valence-electron chi connectivity index (χ2n) is 6.45. The maximum Gasteiger partial charge on any atom is 0.460 e. The van der Waals surface area contributed by atoms with Gasteiger partial charge in [0.25, 0.3) is 0 Å². The first-order chi connectivity index (χ1) is 15.8. The number of carbonyl (C=O) groups excluding carboxylic acids is 1. The molecular weight excluding hydrogens is 581 g/mol. The monoisotopic (exact) mass is 593 g/mol. The molecule has 0 atom stereocenters. The molecule has 5 nitrogen and oxygen atoms in total. The van der Waals surface area contributed by atoms with E-state index in [9.17, 15) is 84.2 Å². The summed E-state index contributed by atoms with van der Waals surface area (Å²) in [5.74, 6) is -51.6. The second-order valence-corrected chi connectivity index (χ2v) is 6.45. The molecule has 0 unspecified atom stereocenters. The number of amides is 1. The summed E-state index contributed by atoms with van der Waals surface area (Å²) in [7, 11) is 0. The van der Waals surface area contributed by atoms with Crippen LogP contribution in [0.2, 0.25) is 0 Å². The van der Waals surface area contributed by atoms with Gasteiger partial charge >= 0.3 is 59.8 Å². The molecule has 0 saturated carbocycles. The summed E-state index contributed by atoms with van der Waals surface area (Å²) in [5, 5.41) is 7.39. The van der Waals surface area contributed by atoms with Gasteiger partial charge in [-0.1, -0.05) is 6.58 Å². The molecule has 0 aliphatic carbocycles. The van der Waals surface area contributed by atoms with Crippen LogP contribution in [-0.2, 0) is 9.53 Å². The van der Waals surface area contributed by atoms with Gasteiger partial charge in [0.1, 0.15) is 0 Å². The Morgan fingerprint density at radius 2 is 0.946 bits per heavy atom. The van der Waals surface area contributed by atoms with Gasteiger partial charge in [0, 0.05) is 5.57 Å². The van der Waals surface area contributed by atoms with E-state index in [2.05, 4.69) is 11.3 Å². The van der Waals surface area contributed by atoms with E-state index >= 15 is 0 Å². The van der Waals surface area contributed by atoms with Crippen LogP contribution in [0.25, 0.3) is 0 Å². The van der Waals surface area contributed by atoms with Crippen molar-refractivity contribution in [2.24, 2.45) is 0 Å². The molecule has 0 aromatic carbocycles. The summed E-state index contributed by atoms with van der Waals surface area (Å²) >= 11 is 0. The summed E-state index contributed by atoms with van der Waals surface area (Å²) in [6.45, 7) is 4.45. The highest BCUT2D eigenvalue weighted by Gasteiger charge is 2.95. The lowest BCUT2D eigenvalue weighted by Gasteiger charge is -2.42.